The molecule has 0 aliphatic heterocycles. The molecule has 0 spiro atoms. The van der Waals surface area contributed by atoms with E-state index in [1.807, 2.05) is 6.07 Å². The fraction of sp³-hybridized carbons (Fsp3) is 0.0952. The summed E-state index contributed by atoms with van der Waals surface area (Å²) in [6.45, 7) is 0.121. The van der Waals surface area contributed by atoms with Crippen LogP contribution in [0.3, 0.4) is 0 Å². The minimum absolute atomic E-state index is 0.0700. The molecule has 2 N–H and O–H groups in total. The van der Waals surface area contributed by atoms with Crippen LogP contribution in [0, 0.1) is 11.3 Å². The molecular formula is C21H17ClN4O4S. The lowest BCUT2D eigenvalue weighted by Gasteiger charge is -2.05. The van der Waals surface area contributed by atoms with Crippen molar-refractivity contribution in [2.45, 2.75) is 18.0 Å². The Balaban J connectivity index is 1.62. The highest BCUT2D eigenvalue weighted by Crippen LogP contribution is 2.16. The first-order valence-electron chi connectivity index (χ1n) is 9.00. The number of nitrogens with zero attached hydrogens (tertiary/aromatic N) is 2. The molecule has 8 nitrogen and oxygen atoms in total. The Morgan fingerprint density at radius 1 is 1.16 bits per heavy atom. The summed E-state index contributed by atoms with van der Waals surface area (Å²) in [4.78, 5) is 16.3. The fourth-order valence-corrected chi connectivity index (χ4v) is 3.62. The second-order valence-electron chi connectivity index (χ2n) is 6.30. The number of carbonyl (C=O) groups is 1. The normalized spacial score (nSPS) is 11.7. The van der Waals surface area contributed by atoms with Crippen LogP contribution in [-0.4, -0.2) is 19.3 Å². The lowest BCUT2D eigenvalue weighted by atomic mass is 10.2. The molecule has 0 atom stereocenters. The van der Waals surface area contributed by atoms with Gasteiger partial charge in [0, 0.05) is 30.0 Å². The quantitative estimate of drug-likeness (QED) is 0.396. The first kappa shape index (κ1) is 22.2. The molecule has 3 aromatic rings. The maximum atomic E-state index is 12.3. The molecule has 31 heavy (non-hydrogen) atoms. The van der Waals surface area contributed by atoms with Gasteiger partial charge >= 0.3 is 0 Å². The number of rotatable bonds is 8. The number of pyridine rings is 1. The monoisotopic (exact) mass is 456 g/mol. The van der Waals surface area contributed by atoms with E-state index >= 15 is 0 Å². The summed E-state index contributed by atoms with van der Waals surface area (Å²) in [7, 11) is -3.75. The predicted octanol–water partition coefficient (Wildman–Crippen LogP) is 3.03. The van der Waals surface area contributed by atoms with Crippen LogP contribution in [0.5, 0.6) is 0 Å². The van der Waals surface area contributed by atoms with Gasteiger partial charge in [-0.3, -0.25) is 9.78 Å². The van der Waals surface area contributed by atoms with Crippen LogP contribution in [0.4, 0.5) is 0 Å². The molecule has 0 fully saturated rings. The lowest BCUT2D eigenvalue weighted by molar-refractivity contribution is -0.117. The molecular weight excluding hydrogens is 440 g/mol. The van der Waals surface area contributed by atoms with E-state index in [-0.39, 0.29) is 29.3 Å². The third kappa shape index (κ3) is 6.26. The van der Waals surface area contributed by atoms with E-state index in [9.17, 15) is 18.5 Å². The van der Waals surface area contributed by atoms with Gasteiger partial charge in [0.1, 0.15) is 23.2 Å². The minimum Gasteiger partial charge on any atom is -0.460 e. The van der Waals surface area contributed by atoms with Crippen molar-refractivity contribution < 1.29 is 17.6 Å². The van der Waals surface area contributed by atoms with Crippen LogP contribution >= 0.6 is 11.6 Å². The smallest absolute Gasteiger partial charge is 0.262 e. The van der Waals surface area contributed by atoms with Gasteiger partial charge < -0.3 is 9.73 Å². The van der Waals surface area contributed by atoms with Crippen molar-refractivity contribution >= 4 is 33.6 Å². The highest BCUT2D eigenvalue weighted by molar-refractivity contribution is 7.89. The van der Waals surface area contributed by atoms with E-state index in [4.69, 9.17) is 16.0 Å². The first-order valence-corrected chi connectivity index (χ1v) is 10.9. The molecule has 0 radical (unpaired) electrons. The molecule has 0 unspecified atom stereocenters. The first-order chi connectivity index (χ1) is 14.9. The molecule has 2 heterocycles. The number of sulfonamides is 1. The van der Waals surface area contributed by atoms with Crippen molar-refractivity contribution in [3.63, 3.8) is 0 Å². The Morgan fingerprint density at radius 3 is 2.61 bits per heavy atom. The SMILES string of the molecule is N#C/C(=C/c1ccc(CNS(=O)(=O)c2ccc(Cl)cc2)o1)C(=O)NCc1cccnc1. The number of halogens is 1. The number of nitriles is 1. The molecule has 3 rings (SSSR count). The van der Waals surface area contributed by atoms with Gasteiger partial charge in [0.2, 0.25) is 10.0 Å². The third-order valence-electron chi connectivity index (χ3n) is 4.07. The standard InChI is InChI=1S/C21H17ClN4O4S/c22-17-3-7-20(8-4-17)31(28,29)26-14-19-6-5-18(30-19)10-16(11-23)21(27)25-13-15-2-1-9-24-12-15/h1-10,12,26H,13-14H2,(H,25,27)/b16-10-. The van der Waals surface area contributed by atoms with E-state index in [0.717, 1.165) is 5.56 Å². The van der Waals surface area contributed by atoms with Gasteiger partial charge in [0.05, 0.1) is 11.4 Å². The van der Waals surface area contributed by atoms with Crippen molar-refractivity contribution in [2.24, 2.45) is 0 Å². The van der Waals surface area contributed by atoms with Gasteiger partial charge in [-0.1, -0.05) is 17.7 Å². The number of furan rings is 1. The molecule has 1 aromatic carbocycles. The molecule has 158 valence electrons. The van der Waals surface area contributed by atoms with E-state index in [1.165, 1.54) is 36.4 Å². The summed E-state index contributed by atoms with van der Waals surface area (Å²) >= 11 is 5.77. The maximum Gasteiger partial charge on any atom is 0.262 e. The Morgan fingerprint density at radius 2 is 1.94 bits per heavy atom. The number of benzene rings is 1. The number of carbonyl (C=O) groups excluding carboxylic acids is 1. The highest BCUT2D eigenvalue weighted by atomic mass is 35.5. The summed E-state index contributed by atoms with van der Waals surface area (Å²) in [5.74, 6) is -0.00152. The number of nitrogens with one attached hydrogen (secondary N) is 2. The van der Waals surface area contributed by atoms with Gasteiger partial charge in [-0.05, 0) is 48.0 Å². The Hall–Kier alpha value is -3.45. The zero-order chi connectivity index (χ0) is 22.3. The zero-order valence-corrected chi connectivity index (χ0v) is 17.7. The average Bonchev–Trinajstić information content (AvgIpc) is 3.23. The molecule has 0 aliphatic carbocycles. The Labute approximate surface area is 184 Å². The predicted molar refractivity (Wildman–Crippen MR) is 114 cm³/mol. The third-order valence-corrected chi connectivity index (χ3v) is 5.74. The summed E-state index contributed by atoms with van der Waals surface area (Å²) in [5, 5.41) is 12.3. The van der Waals surface area contributed by atoms with Crippen molar-refractivity contribution in [3.05, 3.63) is 88.6 Å². The van der Waals surface area contributed by atoms with Crippen molar-refractivity contribution in [1.29, 1.82) is 5.26 Å². The zero-order valence-electron chi connectivity index (χ0n) is 16.1. The lowest BCUT2D eigenvalue weighted by Crippen LogP contribution is -2.24. The van der Waals surface area contributed by atoms with Gasteiger partial charge in [-0.15, -0.1) is 0 Å². The van der Waals surface area contributed by atoms with E-state index < -0.39 is 15.9 Å². The summed E-state index contributed by atoms with van der Waals surface area (Å²) in [6, 6.07) is 14.2. The van der Waals surface area contributed by atoms with Crippen molar-refractivity contribution in [3.8, 4) is 6.07 Å². The van der Waals surface area contributed by atoms with Crippen LogP contribution < -0.4 is 10.0 Å². The van der Waals surface area contributed by atoms with Crippen LogP contribution in [0.1, 0.15) is 17.1 Å². The van der Waals surface area contributed by atoms with Gasteiger partial charge in [0.15, 0.2) is 0 Å². The van der Waals surface area contributed by atoms with Crippen LogP contribution in [-0.2, 0) is 27.9 Å². The Bertz CT molecular complexity index is 1230. The van der Waals surface area contributed by atoms with Gasteiger partial charge in [-0.2, -0.15) is 5.26 Å². The van der Waals surface area contributed by atoms with Crippen molar-refractivity contribution in [2.75, 3.05) is 0 Å². The molecule has 0 saturated carbocycles. The summed E-state index contributed by atoms with van der Waals surface area (Å²) in [5.41, 5.74) is 0.646. The molecule has 1 amide bonds. The number of aromatic nitrogens is 1. The number of hydrogen-bond acceptors (Lipinski definition) is 6. The minimum atomic E-state index is -3.75. The van der Waals surface area contributed by atoms with E-state index in [2.05, 4.69) is 15.0 Å². The van der Waals surface area contributed by atoms with Gasteiger partial charge in [-0.25, -0.2) is 13.1 Å². The summed E-state index contributed by atoms with van der Waals surface area (Å²) in [6.07, 6.45) is 4.52. The number of amides is 1. The number of hydrogen-bond donors (Lipinski definition) is 2. The second-order valence-corrected chi connectivity index (χ2v) is 8.50. The molecule has 2 aromatic heterocycles. The topological polar surface area (TPSA) is 125 Å². The van der Waals surface area contributed by atoms with Crippen molar-refractivity contribution in [1.82, 2.24) is 15.0 Å². The largest absolute Gasteiger partial charge is 0.460 e. The Kier molecular flexibility index (Phi) is 7.20. The molecule has 0 saturated heterocycles. The maximum absolute atomic E-state index is 12.3. The second kappa shape index (κ2) is 10.0. The van der Waals surface area contributed by atoms with E-state index in [1.54, 1.807) is 30.6 Å². The van der Waals surface area contributed by atoms with E-state index in [0.29, 0.717) is 10.8 Å². The van der Waals surface area contributed by atoms with Crippen LogP contribution in [0.15, 0.2) is 75.8 Å². The molecule has 10 heteroatoms. The molecule has 0 aliphatic rings. The van der Waals surface area contributed by atoms with Gasteiger partial charge in [0.25, 0.3) is 5.91 Å². The van der Waals surface area contributed by atoms with Crippen LogP contribution in [0.2, 0.25) is 5.02 Å². The highest BCUT2D eigenvalue weighted by Gasteiger charge is 2.15. The summed E-state index contributed by atoms with van der Waals surface area (Å²) < 4.78 is 32.6. The fourth-order valence-electron chi connectivity index (χ4n) is 2.50. The molecule has 0 bridgehead atoms. The van der Waals surface area contributed by atoms with Crippen LogP contribution in [0.25, 0.3) is 6.08 Å². The average molecular weight is 457 g/mol.